The van der Waals surface area contributed by atoms with Crippen LogP contribution in [-0.4, -0.2) is 101 Å². The molecule has 0 spiro atoms. The van der Waals surface area contributed by atoms with Gasteiger partial charge in [-0.15, -0.1) is 5.10 Å². The molecule has 0 bridgehead atoms. The SMILES string of the molecule is COc1cc(OC)n2nc(S(=O)(=O)Nc3c(Cl)ccc(C)c3Cl)nc2n1.CS(=O)(=O)NC(=O)c1cc(Oc2ccc(C(F)(F)F)cc2Cl)ccc1[N+](=O)[O-].O=C(O)CNCP(=O)(O)O. The second-order valence-electron chi connectivity index (χ2n) is 12.1. The molecule has 0 saturated heterocycles. The summed E-state index contributed by atoms with van der Waals surface area (Å²) in [6.45, 7) is 1.28. The number of nitrogens with one attached hydrogen (secondary N) is 3. The Bertz CT molecular complexity index is 2850. The Morgan fingerprint density at radius 1 is 0.969 bits per heavy atom. The fourth-order valence-corrected chi connectivity index (χ4v) is 7.04. The van der Waals surface area contributed by atoms with Gasteiger partial charge in [0.2, 0.25) is 21.8 Å². The van der Waals surface area contributed by atoms with Crippen LogP contribution in [0.5, 0.6) is 23.3 Å². The van der Waals surface area contributed by atoms with Crippen molar-refractivity contribution in [3.63, 3.8) is 0 Å². The first-order valence-corrected chi connectivity index (χ1v) is 22.9. The molecule has 3 aromatic carbocycles. The maximum absolute atomic E-state index is 12.7. The number of nitro benzene ring substituents is 1. The van der Waals surface area contributed by atoms with E-state index in [1.54, 1.807) is 17.7 Å². The van der Waals surface area contributed by atoms with Crippen molar-refractivity contribution in [3.05, 3.63) is 96.5 Å². The molecule has 0 aliphatic heterocycles. The molecule has 0 fully saturated rings. The number of aromatic nitrogens is 4. The molecule has 5 aromatic rings. The van der Waals surface area contributed by atoms with Gasteiger partial charge in [0.1, 0.15) is 17.1 Å². The van der Waals surface area contributed by atoms with Gasteiger partial charge in [0.05, 0.1) is 70.6 Å². The first-order valence-electron chi connectivity index (χ1n) is 16.6. The standard InChI is InChI=1S/C15H10ClF3N2O6S.C14H13Cl2N5O4S.C3H8NO5P/c1-28(25,26)20-14(22)10-7-9(3-4-12(10)21(23)24)27-13-5-2-8(6-11(13)16)15(17,18)19;1-7-4-5-8(15)12(11(7)16)20-26(22,23)14-18-13-17-9(24-2)6-10(25-3)21(13)19-14;5-3(6)1-4-2-10(7,8)9/h2-7H,1H3,(H,20,22);4-6,20H,1-3H3;4H,1-2H2,(H,5,6)(H2,7,8,9). The highest BCUT2D eigenvalue weighted by atomic mass is 35.5. The number of hydrogen-bond acceptors (Lipinski definition) is 16. The number of halogens is 6. The van der Waals surface area contributed by atoms with E-state index in [4.69, 9.17) is 63.9 Å². The number of fused-ring (bicyclic) bond motifs is 1. The fraction of sp³-hybridized carbons (Fsp3) is 0.219. The minimum Gasteiger partial charge on any atom is -0.481 e. The number of methoxy groups -OCH3 is 2. The van der Waals surface area contributed by atoms with Crippen molar-refractivity contribution in [2.45, 2.75) is 18.3 Å². The minimum absolute atomic E-state index is 0.0111. The number of nitro groups is 1. The Labute approximate surface area is 373 Å². The number of hydrogen-bond donors (Lipinski definition) is 6. The summed E-state index contributed by atoms with van der Waals surface area (Å²) in [5.41, 5.74) is -1.64. The zero-order valence-electron chi connectivity index (χ0n) is 32.6. The molecule has 0 aliphatic rings. The molecule has 23 nitrogen and oxygen atoms in total. The third-order valence-electron chi connectivity index (χ3n) is 7.18. The Kier molecular flexibility index (Phi) is 17.6. The quantitative estimate of drug-likeness (QED) is 0.0478. The first kappa shape index (κ1) is 52.8. The lowest BCUT2D eigenvalue weighted by Crippen LogP contribution is -2.29. The second kappa shape index (κ2) is 21.4. The summed E-state index contributed by atoms with van der Waals surface area (Å²) in [5, 5.41) is 24.5. The number of aryl methyl sites for hydroxylation is 1. The zero-order valence-corrected chi connectivity index (χ0v) is 37.4. The molecule has 348 valence electrons. The van der Waals surface area contributed by atoms with Crippen LogP contribution in [-0.2, 0) is 35.6 Å². The van der Waals surface area contributed by atoms with Gasteiger partial charge < -0.3 is 29.1 Å². The van der Waals surface area contributed by atoms with Gasteiger partial charge in [0.25, 0.3) is 32.6 Å². The van der Waals surface area contributed by atoms with E-state index >= 15 is 0 Å². The topological polar surface area (TPSA) is 330 Å². The second-order valence-corrected chi connectivity index (χ2v) is 18.3. The Hall–Kier alpha value is -5.58. The van der Waals surface area contributed by atoms with Crippen LogP contribution in [0.3, 0.4) is 0 Å². The first-order chi connectivity index (χ1) is 29.5. The number of carbonyl (C=O) groups excluding carboxylic acids is 1. The van der Waals surface area contributed by atoms with Gasteiger partial charge in [-0.1, -0.05) is 40.9 Å². The summed E-state index contributed by atoms with van der Waals surface area (Å²) >= 11 is 18.0. The molecular weight excluding hydrogens is 995 g/mol. The summed E-state index contributed by atoms with van der Waals surface area (Å²) in [4.78, 5) is 56.3. The highest BCUT2D eigenvalue weighted by Gasteiger charge is 2.31. The van der Waals surface area contributed by atoms with Crippen LogP contribution in [0, 0.1) is 17.0 Å². The molecule has 0 unspecified atom stereocenters. The largest absolute Gasteiger partial charge is 0.481 e. The summed E-state index contributed by atoms with van der Waals surface area (Å²) < 4.78 is 116. The fourth-order valence-electron chi connectivity index (χ4n) is 4.44. The zero-order chi connectivity index (χ0) is 48.5. The van der Waals surface area contributed by atoms with Crippen LogP contribution in [0.25, 0.3) is 5.78 Å². The lowest BCUT2D eigenvalue weighted by molar-refractivity contribution is -0.385. The van der Waals surface area contributed by atoms with Gasteiger partial charge in [0, 0.05) is 12.1 Å². The molecule has 64 heavy (non-hydrogen) atoms. The van der Waals surface area contributed by atoms with Crippen molar-refractivity contribution in [3.8, 4) is 23.3 Å². The molecule has 0 atom stereocenters. The normalized spacial score (nSPS) is 11.6. The van der Waals surface area contributed by atoms with E-state index in [1.807, 2.05) is 0 Å². The van der Waals surface area contributed by atoms with Gasteiger partial charge >= 0.3 is 19.7 Å². The van der Waals surface area contributed by atoms with E-state index in [9.17, 15) is 54.3 Å². The molecular formula is C32H31Cl3F3N8O15PS2. The Morgan fingerprint density at radius 2 is 1.62 bits per heavy atom. The summed E-state index contributed by atoms with van der Waals surface area (Å²) in [7, 11) is -9.47. The number of aliphatic carboxylic acids is 1. The average molecular weight is 1030 g/mol. The van der Waals surface area contributed by atoms with Crippen LogP contribution in [0.2, 0.25) is 15.1 Å². The Balaban J connectivity index is 0.000000282. The van der Waals surface area contributed by atoms with E-state index in [0.717, 1.165) is 28.8 Å². The molecule has 2 aromatic heterocycles. The van der Waals surface area contributed by atoms with E-state index in [-0.39, 0.29) is 44.8 Å². The van der Waals surface area contributed by atoms with Gasteiger partial charge in [-0.2, -0.15) is 36.1 Å². The monoisotopic (exact) mass is 1020 g/mol. The van der Waals surface area contributed by atoms with Crippen LogP contribution < -0.4 is 29.0 Å². The van der Waals surface area contributed by atoms with Crippen molar-refractivity contribution in [2.75, 3.05) is 38.0 Å². The van der Waals surface area contributed by atoms with Crippen molar-refractivity contribution in [1.82, 2.24) is 29.6 Å². The van der Waals surface area contributed by atoms with E-state index < -0.39 is 90.4 Å². The van der Waals surface area contributed by atoms with E-state index in [0.29, 0.717) is 24.0 Å². The van der Waals surface area contributed by atoms with Gasteiger partial charge in [-0.25, -0.2) is 13.1 Å². The average Bonchev–Trinajstić information content (AvgIpc) is 3.63. The predicted molar refractivity (Wildman–Crippen MR) is 220 cm³/mol. The molecule has 0 aliphatic carbocycles. The molecule has 0 radical (unpaired) electrons. The third kappa shape index (κ3) is 15.3. The van der Waals surface area contributed by atoms with Crippen LogP contribution in [0.1, 0.15) is 21.5 Å². The lowest BCUT2D eigenvalue weighted by atomic mass is 10.1. The maximum atomic E-state index is 12.7. The van der Waals surface area contributed by atoms with Crippen molar-refractivity contribution in [1.29, 1.82) is 0 Å². The van der Waals surface area contributed by atoms with E-state index in [1.165, 1.54) is 26.4 Å². The lowest BCUT2D eigenvalue weighted by Gasteiger charge is -2.12. The van der Waals surface area contributed by atoms with Gasteiger partial charge in [0.15, 0.2) is 0 Å². The smallest absolute Gasteiger partial charge is 0.416 e. The number of nitrogens with zero attached hydrogens (tertiary/aromatic N) is 5. The van der Waals surface area contributed by atoms with Crippen LogP contribution >= 0.6 is 42.4 Å². The number of benzene rings is 3. The number of anilines is 1. The van der Waals surface area contributed by atoms with Crippen molar-refractivity contribution in [2.24, 2.45) is 0 Å². The number of amides is 1. The van der Waals surface area contributed by atoms with Crippen molar-refractivity contribution >= 4 is 91.5 Å². The molecule has 32 heteroatoms. The highest BCUT2D eigenvalue weighted by molar-refractivity contribution is 7.92. The number of rotatable bonds is 14. The molecule has 2 heterocycles. The van der Waals surface area contributed by atoms with Crippen LogP contribution in [0.4, 0.5) is 24.5 Å². The summed E-state index contributed by atoms with van der Waals surface area (Å²) in [6, 6.07) is 9.74. The van der Waals surface area contributed by atoms with E-state index in [2.05, 4.69) is 25.1 Å². The van der Waals surface area contributed by atoms with Gasteiger partial charge in [-0.3, -0.25) is 34.3 Å². The number of carboxylic acids is 1. The number of carbonyl (C=O) groups is 2. The highest BCUT2D eigenvalue weighted by Crippen LogP contribution is 2.38. The molecule has 5 rings (SSSR count). The number of carboxylic acid groups (broad SMARTS) is 1. The Morgan fingerprint density at radius 3 is 2.16 bits per heavy atom. The summed E-state index contributed by atoms with van der Waals surface area (Å²) in [6.07, 6.45) is -4.54. The number of sulfonamides is 2. The van der Waals surface area contributed by atoms with Crippen molar-refractivity contribution < 1.29 is 78.2 Å². The molecule has 0 saturated carbocycles. The number of alkyl halides is 3. The summed E-state index contributed by atoms with van der Waals surface area (Å²) in [5.74, 6) is -2.44. The van der Waals surface area contributed by atoms with Gasteiger partial charge in [-0.05, 0) is 42.8 Å². The predicted octanol–water partition coefficient (Wildman–Crippen LogP) is 5.10. The molecule has 6 N–H and O–H groups in total. The van der Waals surface area contributed by atoms with Crippen LogP contribution in [0.15, 0.2) is 59.8 Å². The molecule has 1 amide bonds. The maximum Gasteiger partial charge on any atom is 0.416 e. The third-order valence-corrected chi connectivity index (χ3v) is 10.6. The number of ether oxygens (including phenoxy) is 3. The minimum atomic E-state index is -4.62.